The van der Waals surface area contributed by atoms with Crippen LogP contribution in [0.4, 0.5) is 23.1 Å². The number of hydrogen-bond acceptors (Lipinski definition) is 6. The van der Waals surface area contributed by atoms with E-state index in [0.717, 1.165) is 33.4 Å². The average Bonchev–Trinajstić information content (AvgIpc) is 2.68. The molecule has 28 heavy (non-hydrogen) atoms. The molecule has 3 rings (SSSR count). The van der Waals surface area contributed by atoms with E-state index in [9.17, 15) is 0 Å². The van der Waals surface area contributed by atoms with Gasteiger partial charge < -0.3 is 21.1 Å². The molecule has 8 heteroatoms. The number of nitrogens with zero attached hydrogens (tertiary/aromatic N) is 2. The van der Waals surface area contributed by atoms with Crippen LogP contribution < -0.4 is 21.1 Å². The summed E-state index contributed by atoms with van der Waals surface area (Å²) < 4.78 is 6.42. The van der Waals surface area contributed by atoms with Gasteiger partial charge in [-0.25, -0.2) is 4.98 Å². The number of rotatable bonds is 7. The number of hydrogen-bond donors (Lipinski definition) is 3. The Morgan fingerprint density at radius 2 is 1.96 bits per heavy atom. The van der Waals surface area contributed by atoms with Crippen LogP contribution in [0, 0.1) is 6.92 Å². The normalized spacial score (nSPS) is 10.6. The van der Waals surface area contributed by atoms with Crippen molar-refractivity contribution in [3.63, 3.8) is 0 Å². The highest BCUT2D eigenvalue weighted by atomic mass is 79.9. The number of aromatic nitrogens is 2. The lowest BCUT2D eigenvalue weighted by atomic mass is 10.1. The van der Waals surface area contributed by atoms with Gasteiger partial charge in [0.2, 0.25) is 5.95 Å². The Balaban J connectivity index is 1.91. The summed E-state index contributed by atoms with van der Waals surface area (Å²) in [6.45, 7) is 2.56. The lowest BCUT2D eigenvalue weighted by Gasteiger charge is -2.15. The predicted octanol–water partition coefficient (Wildman–Crippen LogP) is 5.20. The van der Waals surface area contributed by atoms with E-state index in [0.29, 0.717) is 29.1 Å². The SMILES string of the molecule is COc1cc(Br)c(CCN)cc1Nc1ncc(Cl)c(Nc2ccccc2C)n1. The molecule has 0 aliphatic carbocycles. The van der Waals surface area contributed by atoms with Gasteiger partial charge in [0.25, 0.3) is 0 Å². The maximum atomic E-state index is 6.29. The number of aryl methyl sites for hydroxylation is 1. The minimum Gasteiger partial charge on any atom is -0.495 e. The van der Waals surface area contributed by atoms with Crippen LogP contribution in [0.1, 0.15) is 11.1 Å². The summed E-state index contributed by atoms with van der Waals surface area (Å²) in [5.41, 5.74) is 9.54. The second kappa shape index (κ2) is 9.23. The first-order valence-corrected chi connectivity index (χ1v) is 9.87. The van der Waals surface area contributed by atoms with E-state index in [-0.39, 0.29) is 0 Å². The maximum absolute atomic E-state index is 6.29. The van der Waals surface area contributed by atoms with E-state index in [2.05, 4.69) is 36.5 Å². The van der Waals surface area contributed by atoms with Crippen LogP contribution in [0.5, 0.6) is 5.75 Å². The molecule has 0 aliphatic heterocycles. The van der Waals surface area contributed by atoms with Crippen molar-refractivity contribution < 1.29 is 4.74 Å². The lowest BCUT2D eigenvalue weighted by molar-refractivity contribution is 0.416. The Morgan fingerprint density at radius 1 is 1.18 bits per heavy atom. The molecule has 1 heterocycles. The average molecular weight is 463 g/mol. The van der Waals surface area contributed by atoms with Crippen LogP contribution in [0.25, 0.3) is 0 Å². The van der Waals surface area contributed by atoms with Crippen molar-refractivity contribution in [2.75, 3.05) is 24.3 Å². The smallest absolute Gasteiger partial charge is 0.229 e. The summed E-state index contributed by atoms with van der Waals surface area (Å²) in [6, 6.07) is 11.8. The number of halogens is 2. The van der Waals surface area contributed by atoms with Crippen LogP contribution in [0.15, 0.2) is 47.1 Å². The fraction of sp³-hybridized carbons (Fsp3) is 0.200. The first-order chi connectivity index (χ1) is 13.5. The maximum Gasteiger partial charge on any atom is 0.229 e. The number of para-hydroxylation sites is 1. The van der Waals surface area contributed by atoms with Crippen molar-refractivity contribution in [1.82, 2.24) is 9.97 Å². The molecular weight excluding hydrogens is 442 g/mol. The highest BCUT2D eigenvalue weighted by molar-refractivity contribution is 9.10. The highest BCUT2D eigenvalue weighted by Crippen LogP contribution is 2.34. The van der Waals surface area contributed by atoms with Crippen LogP contribution in [-0.2, 0) is 6.42 Å². The van der Waals surface area contributed by atoms with Gasteiger partial charge in [-0.3, -0.25) is 0 Å². The summed E-state index contributed by atoms with van der Waals surface area (Å²) in [7, 11) is 1.61. The van der Waals surface area contributed by atoms with Gasteiger partial charge in [0, 0.05) is 10.2 Å². The predicted molar refractivity (Wildman–Crippen MR) is 118 cm³/mol. The van der Waals surface area contributed by atoms with E-state index < -0.39 is 0 Å². The largest absolute Gasteiger partial charge is 0.495 e. The molecule has 1 aromatic heterocycles. The van der Waals surface area contributed by atoms with Crippen LogP contribution in [0.2, 0.25) is 5.02 Å². The molecule has 6 nitrogen and oxygen atoms in total. The zero-order valence-electron chi connectivity index (χ0n) is 15.6. The topological polar surface area (TPSA) is 85.1 Å². The zero-order valence-corrected chi connectivity index (χ0v) is 17.9. The zero-order chi connectivity index (χ0) is 20.1. The van der Waals surface area contributed by atoms with Gasteiger partial charge in [0.05, 0.1) is 19.0 Å². The lowest BCUT2D eigenvalue weighted by Crippen LogP contribution is -2.06. The Labute approximate surface area is 177 Å². The number of methoxy groups -OCH3 is 1. The van der Waals surface area contributed by atoms with Crippen LogP contribution in [-0.4, -0.2) is 23.6 Å². The van der Waals surface area contributed by atoms with Gasteiger partial charge in [-0.05, 0) is 49.2 Å². The molecule has 146 valence electrons. The van der Waals surface area contributed by atoms with Crippen molar-refractivity contribution in [3.8, 4) is 5.75 Å². The van der Waals surface area contributed by atoms with Gasteiger partial charge >= 0.3 is 0 Å². The van der Waals surface area contributed by atoms with E-state index in [1.807, 2.05) is 43.3 Å². The highest BCUT2D eigenvalue weighted by Gasteiger charge is 2.12. The third-order valence-electron chi connectivity index (χ3n) is 4.17. The van der Waals surface area contributed by atoms with E-state index >= 15 is 0 Å². The number of benzene rings is 2. The molecule has 0 saturated carbocycles. The van der Waals surface area contributed by atoms with Gasteiger partial charge in [-0.1, -0.05) is 45.7 Å². The summed E-state index contributed by atoms with van der Waals surface area (Å²) in [6.07, 6.45) is 2.30. The summed E-state index contributed by atoms with van der Waals surface area (Å²) >= 11 is 9.84. The Morgan fingerprint density at radius 3 is 2.68 bits per heavy atom. The van der Waals surface area contributed by atoms with Crippen molar-refractivity contribution in [3.05, 3.63) is 63.2 Å². The second-order valence-corrected chi connectivity index (χ2v) is 7.40. The number of anilines is 4. The molecule has 0 unspecified atom stereocenters. The van der Waals surface area contributed by atoms with E-state index in [1.54, 1.807) is 13.3 Å². The second-order valence-electron chi connectivity index (χ2n) is 6.14. The first-order valence-electron chi connectivity index (χ1n) is 8.70. The minimum atomic E-state index is 0.403. The molecule has 0 atom stereocenters. The Kier molecular flexibility index (Phi) is 6.72. The molecule has 0 spiro atoms. The van der Waals surface area contributed by atoms with E-state index in [1.165, 1.54) is 0 Å². The Hall–Kier alpha value is -2.35. The van der Waals surface area contributed by atoms with Crippen molar-refractivity contribution in [2.45, 2.75) is 13.3 Å². The van der Waals surface area contributed by atoms with Gasteiger partial charge in [-0.15, -0.1) is 0 Å². The van der Waals surface area contributed by atoms with Gasteiger partial charge in [-0.2, -0.15) is 4.98 Å². The fourth-order valence-electron chi connectivity index (χ4n) is 2.69. The van der Waals surface area contributed by atoms with Gasteiger partial charge in [0.15, 0.2) is 5.82 Å². The molecule has 0 saturated heterocycles. The minimum absolute atomic E-state index is 0.403. The molecule has 3 aromatic rings. The summed E-state index contributed by atoms with van der Waals surface area (Å²) in [4.78, 5) is 8.81. The van der Waals surface area contributed by atoms with Crippen molar-refractivity contribution in [2.24, 2.45) is 5.73 Å². The molecule has 2 aromatic carbocycles. The van der Waals surface area contributed by atoms with Crippen molar-refractivity contribution in [1.29, 1.82) is 0 Å². The standard InChI is InChI=1S/C20H21BrClN5O/c1-12-5-3-4-6-16(12)25-19-15(22)11-24-20(27-19)26-17-9-13(7-8-23)14(21)10-18(17)28-2/h3-6,9-11H,7-8,23H2,1-2H3,(H2,24,25,26,27). The summed E-state index contributed by atoms with van der Waals surface area (Å²) in [5, 5.41) is 6.90. The first kappa shape index (κ1) is 20.4. The third-order valence-corrected chi connectivity index (χ3v) is 5.19. The number of ether oxygens (including phenoxy) is 1. The molecule has 0 aliphatic rings. The monoisotopic (exact) mass is 461 g/mol. The third kappa shape index (κ3) is 4.73. The Bertz CT molecular complexity index is 983. The fourth-order valence-corrected chi connectivity index (χ4v) is 3.35. The molecule has 0 fully saturated rings. The van der Waals surface area contributed by atoms with Crippen LogP contribution in [0.3, 0.4) is 0 Å². The van der Waals surface area contributed by atoms with Crippen molar-refractivity contribution >= 4 is 50.7 Å². The molecule has 4 N–H and O–H groups in total. The number of nitrogens with one attached hydrogen (secondary N) is 2. The molecule has 0 radical (unpaired) electrons. The molecule has 0 bridgehead atoms. The van der Waals surface area contributed by atoms with Gasteiger partial charge in [0.1, 0.15) is 10.8 Å². The van der Waals surface area contributed by atoms with Crippen LogP contribution >= 0.6 is 27.5 Å². The number of nitrogens with two attached hydrogens (primary N) is 1. The quantitative estimate of drug-likeness (QED) is 0.447. The molecular formula is C20H21BrClN5O. The molecule has 0 amide bonds. The summed E-state index contributed by atoms with van der Waals surface area (Å²) in [5.74, 6) is 1.59. The van der Waals surface area contributed by atoms with E-state index in [4.69, 9.17) is 22.1 Å².